The molecule has 0 atom stereocenters. The number of rotatable bonds is 7. The van der Waals surface area contributed by atoms with Gasteiger partial charge in [0.2, 0.25) is 0 Å². The van der Waals surface area contributed by atoms with Crippen molar-refractivity contribution in [2.45, 2.75) is 38.5 Å². The number of benzene rings is 2. The highest BCUT2D eigenvalue weighted by Gasteiger charge is 2.27. The molecule has 5 rings (SSSR count). The Hall–Kier alpha value is -2.24. The summed E-state index contributed by atoms with van der Waals surface area (Å²) in [5.41, 5.74) is 4.30. The van der Waals surface area contributed by atoms with Gasteiger partial charge in [-0.15, -0.1) is 11.3 Å². The number of ether oxygens (including phenoxy) is 1. The van der Waals surface area contributed by atoms with Crippen LogP contribution in [-0.4, -0.2) is 50.8 Å². The summed E-state index contributed by atoms with van der Waals surface area (Å²) in [6.07, 6.45) is 3.47. The molecule has 3 heterocycles. The fourth-order valence-corrected chi connectivity index (χ4v) is 5.90. The van der Waals surface area contributed by atoms with E-state index in [4.69, 9.17) is 4.74 Å². The average Bonchev–Trinajstić information content (AvgIpc) is 3.28. The number of nitrogens with zero attached hydrogens (tertiary/aromatic N) is 2. The van der Waals surface area contributed by atoms with Crippen molar-refractivity contribution in [3.8, 4) is 5.75 Å². The highest BCUT2D eigenvalue weighted by molar-refractivity contribution is 7.17. The molecule has 1 N–H and O–H groups in total. The Labute approximate surface area is 196 Å². The molecule has 5 heteroatoms. The van der Waals surface area contributed by atoms with Gasteiger partial charge in [-0.05, 0) is 66.4 Å². The first kappa shape index (κ1) is 21.6. The topological polar surface area (TPSA) is 27.7 Å². The van der Waals surface area contributed by atoms with E-state index >= 15 is 0 Å². The van der Waals surface area contributed by atoms with Crippen LogP contribution in [0.5, 0.6) is 5.75 Å². The molecular weight excluding hydrogens is 414 g/mol. The molecule has 0 radical (unpaired) electrons. The van der Waals surface area contributed by atoms with Gasteiger partial charge in [0.25, 0.3) is 0 Å². The molecule has 3 aromatic rings. The second kappa shape index (κ2) is 9.32. The summed E-state index contributed by atoms with van der Waals surface area (Å²) in [5.74, 6) is 0.991. The fourth-order valence-electron chi connectivity index (χ4n) is 5.09. The number of thiophene rings is 1. The van der Waals surface area contributed by atoms with Gasteiger partial charge in [-0.1, -0.05) is 26.0 Å². The zero-order valence-electron chi connectivity index (χ0n) is 19.4. The number of fused-ring (bicyclic) bond motifs is 2. The number of hydrogen-bond acceptors (Lipinski definition) is 5. The van der Waals surface area contributed by atoms with Crippen LogP contribution in [0.25, 0.3) is 10.1 Å². The molecule has 1 aromatic heterocycles. The van der Waals surface area contributed by atoms with E-state index < -0.39 is 0 Å². The molecule has 4 nitrogen and oxygen atoms in total. The molecule has 0 saturated carbocycles. The van der Waals surface area contributed by atoms with E-state index in [0.29, 0.717) is 0 Å². The Morgan fingerprint density at radius 2 is 1.91 bits per heavy atom. The second-order valence-electron chi connectivity index (χ2n) is 9.76. The Balaban J connectivity index is 1.04. The molecule has 2 aliphatic rings. The average molecular weight is 450 g/mol. The third-order valence-electron chi connectivity index (χ3n) is 7.11. The third-order valence-corrected chi connectivity index (χ3v) is 7.99. The minimum atomic E-state index is 0.249. The summed E-state index contributed by atoms with van der Waals surface area (Å²) in [4.78, 5) is 5.16. The van der Waals surface area contributed by atoms with Crippen LogP contribution in [0.15, 0.2) is 47.8 Å². The molecule has 0 bridgehead atoms. The van der Waals surface area contributed by atoms with E-state index in [-0.39, 0.29) is 5.41 Å². The molecule has 2 aliphatic heterocycles. The number of piperazine rings is 1. The molecule has 0 spiro atoms. The molecule has 1 saturated heterocycles. The van der Waals surface area contributed by atoms with Crippen molar-refractivity contribution in [1.82, 2.24) is 4.90 Å². The number of nitrogens with one attached hydrogen (secondary N) is 1. The standard InChI is InChI=1S/C27H35N3OS/c1-27(2)11-12-28-24-20-21(8-9-23(24)27)31-18-4-3-13-29-14-16-30(17-15-29)25-6-5-7-26-22(25)10-19-32-26/h5-10,19-20,28H,3-4,11-18H2,1-2H3. The van der Waals surface area contributed by atoms with Crippen molar-refractivity contribution < 1.29 is 4.74 Å². The summed E-state index contributed by atoms with van der Waals surface area (Å²) in [6, 6.07) is 15.5. The number of anilines is 2. The normalized spacial score (nSPS) is 18.4. The molecule has 170 valence electrons. The Morgan fingerprint density at radius 3 is 2.78 bits per heavy atom. The number of hydrogen-bond donors (Lipinski definition) is 1. The van der Waals surface area contributed by atoms with Gasteiger partial charge in [0.15, 0.2) is 0 Å². The predicted molar refractivity (Wildman–Crippen MR) is 138 cm³/mol. The zero-order valence-corrected chi connectivity index (χ0v) is 20.2. The smallest absolute Gasteiger partial charge is 0.121 e. The lowest BCUT2D eigenvalue weighted by Crippen LogP contribution is -2.46. The molecule has 0 amide bonds. The highest BCUT2D eigenvalue weighted by atomic mass is 32.1. The van der Waals surface area contributed by atoms with Crippen LogP contribution in [0, 0.1) is 0 Å². The van der Waals surface area contributed by atoms with Crippen LogP contribution in [0.2, 0.25) is 0 Å². The van der Waals surface area contributed by atoms with Gasteiger partial charge in [-0.25, -0.2) is 0 Å². The van der Waals surface area contributed by atoms with E-state index in [2.05, 4.69) is 76.8 Å². The SMILES string of the molecule is CC1(C)CCNc2cc(OCCCCN3CCN(c4cccc5sccc45)CC3)ccc21. The zero-order chi connectivity index (χ0) is 22.0. The fraction of sp³-hybridized carbons (Fsp3) is 0.481. The van der Waals surface area contributed by atoms with Crippen LogP contribution in [0.1, 0.15) is 38.7 Å². The van der Waals surface area contributed by atoms with E-state index in [1.54, 1.807) is 0 Å². The maximum Gasteiger partial charge on any atom is 0.121 e. The van der Waals surface area contributed by atoms with Gasteiger partial charge in [0.1, 0.15) is 5.75 Å². The Bertz CT molecular complexity index is 1050. The maximum atomic E-state index is 6.07. The van der Waals surface area contributed by atoms with Crippen LogP contribution >= 0.6 is 11.3 Å². The minimum Gasteiger partial charge on any atom is -0.494 e. The summed E-state index contributed by atoms with van der Waals surface area (Å²) in [5, 5.41) is 7.15. The quantitative estimate of drug-likeness (QED) is 0.449. The molecule has 0 unspecified atom stereocenters. The second-order valence-corrected chi connectivity index (χ2v) is 10.7. The third kappa shape index (κ3) is 4.60. The van der Waals surface area contributed by atoms with Gasteiger partial charge in [-0.2, -0.15) is 0 Å². The molecule has 1 fully saturated rings. The maximum absolute atomic E-state index is 6.07. The monoisotopic (exact) mass is 449 g/mol. The van der Waals surface area contributed by atoms with Gasteiger partial charge >= 0.3 is 0 Å². The summed E-state index contributed by atoms with van der Waals surface area (Å²) in [7, 11) is 0. The van der Waals surface area contributed by atoms with Gasteiger partial charge in [-0.3, -0.25) is 4.90 Å². The van der Waals surface area contributed by atoms with E-state index in [1.165, 1.54) is 46.4 Å². The van der Waals surface area contributed by atoms with E-state index in [1.807, 2.05) is 11.3 Å². The van der Waals surface area contributed by atoms with Gasteiger partial charge in [0.05, 0.1) is 6.61 Å². The van der Waals surface area contributed by atoms with Crippen molar-refractivity contribution in [3.05, 3.63) is 53.4 Å². The van der Waals surface area contributed by atoms with Crippen LogP contribution in [0.3, 0.4) is 0 Å². The summed E-state index contributed by atoms with van der Waals surface area (Å²) in [6.45, 7) is 12.2. The summed E-state index contributed by atoms with van der Waals surface area (Å²) >= 11 is 1.83. The van der Waals surface area contributed by atoms with Crippen molar-refractivity contribution in [2.24, 2.45) is 0 Å². The largest absolute Gasteiger partial charge is 0.494 e. The Kier molecular flexibility index (Phi) is 6.29. The highest BCUT2D eigenvalue weighted by Crippen LogP contribution is 2.38. The Morgan fingerprint density at radius 1 is 1.03 bits per heavy atom. The van der Waals surface area contributed by atoms with Crippen molar-refractivity contribution >= 4 is 32.8 Å². The predicted octanol–water partition coefficient (Wildman–Crippen LogP) is 5.98. The lowest BCUT2D eigenvalue weighted by atomic mass is 9.78. The summed E-state index contributed by atoms with van der Waals surface area (Å²) < 4.78 is 7.46. The molecule has 0 aliphatic carbocycles. The van der Waals surface area contributed by atoms with Crippen LogP contribution < -0.4 is 15.0 Å². The van der Waals surface area contributed by atoms with Crippen LogP contribution in [0.4, 0.5) is 11.4 Å². The van der Waals surface area contributed by atoms with E-state index in [9.17, 15) is 0 Å². The molecular formula is C27H35N3OS. The van der Waals surface area contributed by atoms with Crippen LogP contribution in [-0.2, 0) is 5.41 Å². The van der Waals surface area contributed by atoms with E-state index in [0.717, 1.165) is 51.5 Å². The van der Waals surface area contributed by atoms with Crippen molar-refractivity contribution in [2.75, 3.05) is 56.1 Å². The molecule has 32 heavy (non-hydrogen) atoms. The minimum absolute atomic E-state index is 0.249. The van der Waals surface area contributed by atoms with Gasteiger partial charge < -0.3 is 15.0 Å². The molecule has 2 aromatic carbocycles. The first-order valence-electron chi connectivity index (χ1n) is 12.0. The lowest BCUT2D eigenvalue weighted by Gasteiger charge is -2.36. The van der Waals surface area contributed by atoms with Gasteiger partial charge in [0, 0.05) is 60.3 Å². The number of unbranched alkanes of at least 4 members (excludes halogenated alkanes) is 1. The van der Waals surface area contributed by atoms with Crippen molar-refractivity contribution in [3.63, 3.8) is 0 Å². The first-order chi connectivity index (χ1) is 15.6. The lowest BCUT2D eigenvalue weighted by molar-refractivity contribution is 0.238. The van der Waals surface area contributed by atoms with Crippen molar-refractivity contribution in [1.29, 1.82) is 0 Å². The first-order valence-corrected chi connectivity index (χ1v) is 12.9.